The Morgan fingerprint density at radius 3 is 2.73 bits per heavy atom. The normalized spacial score (nSPS) is 11.6. The van der Waals surface area contributed by atoms with Crippen LogP contribution >= 0.6 is 0 Å². The van der Waals surface area contributed by atoms with Gasteiger partial charge in [0, 0.05) is 40.3 Å². The van der Waals surface area contributed by atoms with Crippen molar-refractivity contribution in [3.05, 3.63) is 0 Å². The van der Waals surface area contributed by atoms with E-state index in [4.69, 9.17) is 10.00 Å². The molecular formula is C8H17N3O3S. The molecule has 0 aliphatic heterocycles. The van der Waals surface area contributed by atoms with Crippen LogP contribution in [0.4, 0.5) is 0 Å². The molecular weight excluding hydrogens is 218 g/mol. The van der Waals surface area contributed by atoms with E-state index in [2.05, 4.69) is 4.72 Å². The summed E-state index contributed by atoms with van der Waals surface area (Å²) in [5, 5.41) is 8.32. The molecule has 0 fully saturated rings. The quantitative estimate of drug-likeness (QED) is 0.586. The summed E-state index contributed by atoms with van der Waals surface area (Å²) in [7, 11) is -0.433. The van der Waals surface area contributed by atoms with E-state index in [1.807, 2.05) is 6.07 Å². The molecule has 0 aliphatic carbocycles. The van der Waals surface area contributed by atoms with Gasteiger partial charge in [-0.05, 0) is 6.42 Å². The molecule has 0 unspecified atom stereocenters. The Morgan fingerprint density at radius 1 is 1.53 bits per heavy atom. The molecule has 0 bridgehead atoms. The van der Waals surface area contributed by atoms with Crippen LogP contribution in [0.2, 0.25) is 0 Å². The van der Waals surface area contributed by atoms with Gasteiger partial charge in [-0.1, -0.05) is 0 Å². The SMILES string of the molecule is COCCCNS(=O)(=O)N(C)CCC#N. The van der Waals surface area contributed by atoms with Crippen molar-refractivity contribution in [2.24, 2.45) is 0 Å². The van der Waals surface area contributed by atoms with E-state index in [9.17, 15) is 8.42 Å². The van der Waals surface area contributed by atoms with E-state index >= 15 is 0 Å². The molecule has 0 aromatic heterocycles. The maximum absolute atomic E-state index is 11.5. The first-order chi connectivity index (χ1) is 7.04. The van der Waals surface area contributed by atoms with Crippen LogP contribution in [0.1, 0.15) is 12.8 Å². The second-order valence-electron chi connectivity index (χ2n) is 2.98. The topological polar surface area (TPSA) is 82.4 Å². The summed E-state index contributed by atoms with van der Waals surface area (Å²) in [4.78, 5) is 0. The number of rotatable bonds is 8. The number of nitriles is 1. The minimum absolute atomic E-state index is 0.190. The smallest absolute Gasteiger partial charge is 0.279 e. The van der Waals surface area contributed by atoms with Crippen LogP contribution in [0.15, 0.2) is 0 Å². The van der Waals surface area contributed by atoms with Crippen molar-refractivity contribution >= 4 is 10.2 Å². The van der Waals surface area contributed by atoms with Gasteiger partial charge >= 0.3 is 0 Å². The summed E-state index contributed by atoms with van der Waals surface area (Å²) in [6, 6.07) is 1.89. The zero-order valence-corrected chi connectivity index (χ0v) is 9.88. The van der Waals surface area contributed by atoms with Crippen molar-refractivity contribution in [1.29, 1.82) is 5.26 Å². The summed E-state index contributed by atoms with van der Waals surface area (Å²) in [5.74, 6) is 0. The molecule has 0 saturated heterocycles. The van der Waals surface area contributed by atoms with E-state index < -0.39 is 10.2 Å². The maximum atomic E-state index is 11.5. The number of hydrogen-bond acceptors (Lipinski definition) is 4. The van der Waals surface area contributed by atoms with Crippen LogP contribution in [0.3, 0.4) is 0 Å². The third-order valence-electron chi connectivity index (χ3n) is 1.76. The zero-order chi connectivity index (χ0) is 11.7. The fraction of sp³-hybridized carbons (Fsp3) is 0.875. The lowest BCUT2D eigenvalue weighted by molar-refractivity contribution is 0.195. The first kappa shape index (κ1) is 14.3. The van der Waals surface area contributed by atoms with E-state index in [1.165, 1.54) is 7.05 Å². The molecule has 0 aliphatic rings. The van der Waals surface area contributed by atoms with Crippen molar-refractivity contribution in [3.63, 3.8) is 0 Å². The highest BCUT2D eigenvalue weighted by molar-refractivity contribution is 7.87. The van der Waals surface area contributed by atoms with Crippen LogP contribution in [0.5, 0.6) is 0 Å². The Balaban J connectivity index is 3.90. The van der Waals surface area contributed by atoms with Crippen LogP contribution in [-0.4, -0.2) is 46.6 Å². The summed E-state index contributed by atoms with van der Waals surface area (Å²) in [5.41, 5.74) is 0. The van der Waals surface area contributed by atoms with E-state index in [1.54, 1.807) is 7.11 Å². The molecule has 6 nitrogen and oxygen atoms in total. The highest BCUT2D eigenvalue weighted by Crippen LogP contribution is 1.95. The summed E-state index contributed by atoms with van der Waals surface area (Å²) in [6.07, 6.45) is 0.817. The fourth-order valence-corrected chi connectivity index (χ4v) is 1.81. The van der Waals surface area contributed by atoms with Crippen LogP contribution in [0.25, 0.3) is 0 Å². The lowest BCUT2D eigenvalue weighted by Gasteiger charge is -2.15. The van der Waals surface area contributed by atoms with Crippen molar-refractivity contribution < 1.29 is 13.2 Å². The highest BCUT2D eigenvalue weighted by atomic mass is 32.2. The van der Waals surface area contributed by atoms with Gasteiger partial charge in [-0.2, -0.15) is 18.0 Å². The zero-order valence-electron chi connectivity index (χ0n) is 9.06. The van der Waals surface area contributed by atoms with Crippen molar-refractivity contribution in [3.8, 4) is 6.07 Å². The number of methoxy groups -OCH3 is 1. The Kier molecular flexibility index (Phi) is 7.25. The molecule has 0 amide bonds. The fourth-order valence-electron chi connectivity index (χ4n) is 0.855. The summed E-state index contributed by atoms with van der Waals surface area (Å²) in [6.45, 7) is 1.06. The molecule has 0 radical (unpaired) electrons. The van der Waals surface area contributed by atoms with Gasteiger partial charge in [0.05, 0.1) is 6.07 Å². The molecule has 15 heavy (non-hydrogen) atoms. The highest BCUT2D eigenvalue weighted by Gasteiger charge is 2.15. The van der Waals surface area contributed by atoms with Crippen molar-refractivity contribution in [2.75, 3.05) is 33.9 Å². The third-order valence-corrected chi connectivity index (χ3v) is 3.33. The molecule has 7 heteroatoms. The second kappa shape index (κ2) is 7.59. The molecule has 0 aromatic rings. The van der Waals surface area contributed by atoms with E-state index in [0.29, 0.717) is 19.6 Å². The predicted molar refractivity (Wildman–Crippen MR) is 56.3 cm³/mol. The molecule has 1 N–H and O–H groups in total. The minimum atomic E-state index is -3.44. The monoisotopic (exact) mass is 235 g/mol. The van der Waals surface area contributed by atoms with Crippen molar-refractivity contribution in [1.82, 2.24) is 9.03 Å². The molecule has 0 spiro atoms. The number of ether oxygens (including phenoxy) is 1. The number of nitrogens with zero attached hydrogens (tertiary/aromatic N) is 2. The van der Waals surface area contributed by atoms with Crippen LogP contribution in [-0.2, 0) is 14.9 Å². The van der Waals surface area contributed by atoms with E-state index in [0.717, 1.165) is 4.31 Å². The molecule has 0 heterocycles. The van der Waals surface area contributed by atoms with Gasteiger partial charge in [-0.25, -0.2) is 4.72 Å². The average Bonchev–Trinajstić information content (AvgIpc) is 2.21. The Labute approximate surface area is 91.0 Å². The maximum Gasteiger partial charge on any atom is 0.279 e. The Morgan fingerprint density at radius 2 is 2.20 bits per heavy atom. The molecule has 0 saturated carbocycles. The van der Waals surface area contributed by atoms with Gasteiger partial charge in [0.25, 0.3) is 10.2 Å². The van der Waals surface area contributed by atoms with Crippen LogP contribution < -0.4 is 4.72 Å². The average molecular weight is 235 g/mol. The Bertz CT molecular complexity index is 297. The number of nitrogens with one attached hydrogen (secondary N) is 1. The number of hydrogen-bond donors (Lipinski definition) is 1. The molecule has 0 aromatic carbocycles. The van der Waals surface area contributed by atoms with E-state index in [-0.39, 0.29) is 13.0 Å². The molecule has 0 rings (SSSR count). The van der Waals surface area contributed by atoms with Gasteiger partial charge in [0.2, 0.25) is 0 Å². The van der Waals surface area contributed by atoms with Gasteiger partial charge in [-0.15, -0.1) is 0 Å². The standard InChI is InChI=1S/C8H17N3O3S/c1-11(7-3-5-9)15(12,13)10-6-4-8-14-2/h10H,3-4,6-8H2,1-2H3. The van der Waals surface area contributed by atoms with Gasteiger partial charge in [-0.3, -0.25) is 0 Å². The summed E-state index contributed by atoms with van der Waals surface area (Å²) < 4.78 is 31.3. The second-order valence-corrected chi connectivity index (χ2v) is 4.84. The minimum Gasteiger partial charge on any atom is -0.385 e. The lowest BCUT2D eigenvalue weighted by atomic mass is 10.5. The van der Waals surface area contributed by atoms with Gasteiger partial charge in [0.1, 0.15) is 0 Å². The molecule has 0 atom stereocenters. The van der Waals surface area contributed by atoms with Crippen LogP contribution in [0, 0.1) is 11.3 Å². The Hall–Kier alpha value is -0.680. The predicted octanol–water partition coefficient (Wildman–Crippen LogP) is -0.297. The van der Waals surface area contributed by atoms with Crippen molar-refractivity contribution in [2.45, 2.75) is 12.8 Å². The molecule has 88 valence electrons. The summed E-state index contributed by atoms with van der Waals surface area (Å²) >= 11 is 0. The first-order valence-electron chi connectivity index (χ1n) is 4.61. The van der Waals surface area contributed by atoms with Gasteiger partial charge < -0.3 is 4.74 Å². The third kappa shape index (κ3) is 6.41. The lowest BCUT2D eigenvalue weighted by Crippen LogP contribution is -2.39. The van der Waals surface area contributed by atoms with Gasteiger partial charge in [0.15, 0.2) is 0 Å². The largest absolute Gasteiger partial charge is 0.385 e. The first-order valence-corrected chi connectivity index (χ1v) is 6.05.